The van der Waals surface area contributed by atoms with E-state index in [4.69, 9.17) is 0 Å². The molecule has 1 aromatic rings. The van der Waals surface area contributed by atoms with E-state index < -0.39 is 28.2 Å². The second-order valence-corrected chi connectivity index (χ2v) is 24.0. The van der Waals surface area contributed by atoms with Gasteiger partial charge in [0.15, 0.2) is 0 Å². The molecule has 0 aliphatic heterocycles. The average Bonchev–Trinajstić information content (AvgIpc) is 3.18. The van der Waals surface area contributed by atoms with Crippen LogP contribution in [0.5, 0.6) is 0 Å². The van der Waals surface area contributed by atoms with Crippen LogP contribution in [0.15, 0.2) is 32.7 Å². The maximum absolute atomic E-state index is 11.8. The summed E-state index contributed by atoms with van der Waals surface area (Å²) in [5.41, 5.74) is 2.91. The predicted molar refractivity (Wildman–Crippen MR) is 125 cm³/mol. The monoisotopic (exact) mass is 512 g/mol. The van der Waals surface area contributed by atoms with Crippen LogP contribution in [0.2, 0.25) is 13.3 Å². The van der Waals surface area contributed by atoms with Gasteiger partial charge in [0.1, 0.15) is 0 Å². The summed E-state index contributed by atoms with van der Waals surface area (Å²) in [5, 5.41) is 0. The van der Waals surface area contributed by atoms with Gasteiger partial charge in [-0.15, -0.1) is 0 Å². The van der Waals surface area contributed by atoms with E-state index in [1.165, 1.54) is 82.9 Å². The van der Waals surface area contributed by atoms with Gasteiger partial charge in [0.05, 0.1) is 0 Å². The Hall–Kier alpha value is -0.291. The molecule has 0 saturated carbocycles. The third kappa shape index (κ3) is 6.10. The molecule has 1 aliphatic rings. The van der Waals surface area contributed by atoms with Crippen LogP contribution in [0, 0.1) is 0 Å². The molecule has 1 aromatic carbocycles. The molecule has 0 fully saturated rings. The van der Waals surface area contributed by atoms with Gasteiger partial charge in [-0.3, -0.25) is 0 Å². The Morgan fingerprint density at radius 2 is 1.32 bits per heavy atom. The number of hydrogen-bond acceptors (Lipinski definition) is 2. The molecular weight excluding hydrogens is 471 g/mol. The van der Waals surface area contributed by atoms with Crippen LogP contribution in [-0.2, 0) is 9.84 Å². The maximum atomic E-state index is 11.8. The van der Waals surface area contributed by atoms with E-state index in [0.717, 1.165) is 0 Å². The van der Waals surface area contributed by atoms with Gasteiger partial charge in [0.25, 0.3) is 0 Å². The number of benzene rings is 1. The first-order valence-electron chi connectivity index (χ1n) is 11.4. The van der Waals surface area contributed by atoms with Crippen molar-refractivity contribution in [2.75, 3.05) is 6.26 Å². The Labute approximate surface area is 178 Å². The van der Waals surface area contributed by atoms with Crippen molar-refractivity contribution >= 4 is 33.8 Å². The van der Waals surface area contributed by atoms with E-state index in [9.17, 15) is 8.42 Å². The summed E-state index contributed by atoms with van der Waals surface area (Å²) in [5.74, 6) is 0. The second kappa shape index (κ2) is 11.2. The first-order valence-corrected chi connectivity index (χ1v) is 20.8. The van der Waals surface area contributed by atoms with Crippen molar-refractivity contribution in [1.82, 2.24) is 0 Å². The molecule has 4 heteroatoms. The minimum absolute atomic E-state index is 0.439. The van der Waals surface area contributed by atoms with Crippen molar-refractivity contribution in [2.45, 2.75) is 96.8 Å². The van der Waals surface area contributed by atoms with Crippen molar-refractivity contribution in [2.24, 2.45) is 0 Å². The molecule has 0 atom stereocenters. The number of unbranched alkanes of at least 4 members (excludes halogenated alkanes) is 3. The molecule has 1 aliphatic carbocycles. The summed E-state index contributed by atoms with van der Waals surface area (Å²) < 4.78 is 30.2. The topological polar surface area (TPSA) is 34.1 Å². The van der Waals surface area contributed by atoms with Gasteiger partial charge in [-0.2, -0.15) is 0 Å². The van der Waals surface area contributed by atoms with E-state index in [0.29, 0.717) is 4.90 Å². The molecule has 0 saturated heterocycles. The van der Waals surface area contributed by atoms with Gasteiger partial charge in [0, 0.05) is 0 Å². The third-order valence-electron chi connectivity index (χ3n) is 6.52. The summed E-state index contributed by atoms with van der Waals surface area (Å²) in [6, 6.07) is 7.78. The van der Waals surface area contributed by atoms with Gasteiger partial charge in [-0.05, 0) is 0 Å². The van der Waals surface area contributed by atoms with Crippen LogP contribution in [0.3, 0.4) is 0 Å². The Balaban J connectivity index is 2.47. The Morgan fingerprint density at radius 1 is 0.821 bits per heavy atom. The first kappa shape index (κ1) is 24.0. The van der Waals surface area contributed by atoms with Crippen molar-refractivity contribution in [3.63, 3.8) is 0 Å². The Morgan fingerprint density at radius 3 is 1.75 bits per heavy atom. The Bertz CT molecular complexity index is 726. The molecule has 0 spiro atoms. The summed E-state index contributed by atoms with van der Waals surface area (Å²) in [6.45, 7) is 7.01. The van der Waals surface area contributed by atoms with Crippen molar-refractivity contribution < 1.29 is 8.42 Å². The molecular formula is C24H40O2SSn. The first-order chi connectivity index (χ1) is 13.4. The molecule has 2 rings (SSSR count). The number of rotatable bonds is 12. The molecule has 28 heavy (non-hydrogen) atoms. The molecule has 0 amide bonds. The van der Waals surface area contributed by atoms with E-state index in [1.54, 1.807) is 5.57 Å². The molecule has 0 N–H and O–H groups in total. The number of allylic oxidation sites excluding steroid dienone is 2. The molecule has 0 bridgehead atoms. The fourth-order valence-electron chi connectivity index (χ4n) is 4.92. The van der Waals surface area contributed by atoms with Gasteiger partial charge >= 0.3 is 179 Å². The fraction of sp³-hybridized carbons (Fsp3) is 0.667. The van der Waals surface area contributed by atoms with Crippen LogP contribution in [0.4, 0.5) is 0 Å². The Kier molecular flexibility index (Phi) is 9.59. The van der Waals surface area contributed by atoms with Crippen LogP contribution in [0.1, 0.15) is 84.1 Å². The SMILES string of the molecule is CCC[CH2][Sn]([CH2]CCC)([CH2]CCC)[C]1=C(c2ccc(S(C)(=O)=O)cc2)CCC1. The summed E-state index contributed by atoms with van der Waals surface area (Å²) in [6.07, 6.45) is 13.2. The number of sulfone groups is 1. The predicted octanol–water partition coefficient (Wildman–Crippen LogP) is 7.42. The third-order valence-corrected chi connectivity index (χ3v) is 24.1. The van der Waals surface area contributed by atoms with Gasteiger partial charge in [-0.1, -0.05) is 0 Å². The van der Waals surface area contributed by atoms with Gasteiger partial charge in [-0.25, -0.2) is 0 Å². The quantitative estimate of drug-likeness (QED) is 0.274. The average molecular weight is 511 g/mol. The van der Waals surface area contributed by atoms with E-state index in [1.807, 2.05) is 15.7 Å². The molecule has 158 valence electrons. The second-order valence-electron chi connectivity index (χ2n) is 8.70. The van der Waals surface area contributed by atoms with Crippen LogP contribution in [0.25, 0.3) is 5.57 Å². The van der Waals surface area contributed by atoms with Crippen LogP contribution in [-0.4, -0.2) is 33.1 Å². The van der Waals surface area contributed by atoms with Crippen molar-refractivity contribution in [1.29, 1.82) is 0 Å². The van der Waals surface area contributed by atoms with Crippen LogP contribution < -0.4 is 0 Å². The molecule has 0 unspecified atom stereocenters. The van der Waals surface area contributed by atoms with Crippen molar-refractivity contribution in [3.8, 4) is 0 Å². The zero-order valence-corrected chi connectivity index (χ0v) is 22.2. The summed E-state index contributed by atoms with van der Waals surface area (Å²) >= 11 is -2.39. The van der Waals surface area contributed by atoms with E-state index >= 15 is 0 Å². The molecule has 2 nitrogen and oxygen atoms in total. The van der Waals surface area contributed by atoms with E-state index in [2.05, 4.69) is 32.9 Å². The van der Waals surface area contributed by atoms with Crippen LogP contribution >= 0.6 is 0 Å². The minimum atomic E-state index is -3.12. The van der Waals surface area contributed by atoms with Crippen molar-refractivity contribution in [3.05, 3.63) is 33.4 Å². The van der Waals surface area contributed by atoms with Gasteiger partial charge in [0.2, 0.25) is 0 Å². The molecule has 0 heterocycles. The summed E-state index contributed by atoms with van der Waals surface area (Å²) in [7, 11) is -3.12. The van der Waals surface area contributed by atoms with Gasteiger partial charge < -0.3 is 0 Å². The normalized spacial score (nSPS) is 15.4. The molecule has 0 aromatic heterocycles. The molecule has 0 radical (unpaired) electrons. The standard InChI is InChI=1S/C12H13O2S.3C4H9.Sn/c1-15(13,14)12-8-6-11(7-9-12)10-4-2-3-5-10;3*1-3-4-2;/h6-9H,2-4H2,1H3;3*1,3-4H2,2H3;. The fourth-order valence-corrected chi connectivity index (χ4v) is 23.7. The van der Waals surface area contributed by atoms with E-state index in [-0.39, 0.29) is 0 Å². The summed E-state index contributed by atoms with van der Waals surface area (Å²) in [4.78, 5) is 0.439. The number of hydrogen-bond donors (Lipinski definition) is 0. The zero-order valence-electron chi connectivity index (χ0n) is 18.5. The zero-order chi connectivity index (χ0) is 20.6.